The third-order valence-corrected chi connectivity index (χ3v) is 8.32. The molecule has 0 radical (unpaired) electrons. The molecule has 11 heteroatoms. The van der Waals surface area contributed by atoms with Crippen molar-refractivity contribution in [1.82, 2.24) is 0 Å². The Hall–Kier alpha value is -3.86. The van der Waals surface area contributed by atoms with E-state index in [9.17, 15) is 26.4 Å². The number of halogens is 4. The fourth-order valence-electron chi connectivity index (χ4n) is 5.23. The SMILES string of the molecule is COC(=O)/C=C/c1ccc(C2c3ccc(OS(=O)(=O)C(F)(F)F)cc3CC(C)N2c2ccc(C3CC3)cc2)c(F)c1. The van der Waals surface area contributed by atoms with Crippen molar-refractivity contribution in [3.63, 3.8) is 0 Å². The van der Waals surface area contributed by atoms with Gasteiger partial charge in [0.2, 0.25) is 0 Å². The molecular weight excluding hydrogens is 562 g/mol. The van der Waals surface area contributed by atoms with Gasteiger partial charge in [0.1, 0.15) is 11.6 Å². The molecule has 41 heavy (non-hydrogen) atoms. The van der Waals surface area contributed by atoms with Crippen LogP contribution < -0.4 is 9.08 Å². The number of rotatable bonds is 7. The molecule has 3 aromatic rings. The van der Waals surface area contributed by atoms with E-state index in [0.29, 0.717) is 34.6 Å². The maximum absolute atomic E-state index is 15.8. The number of hydrogen-bond donors (Lipinski definition) is 0. The van der Waals surface area contributed by atoms with Gasteiger partial charge in [-0.2, -0.15) is 21.6 Å². The van der Waals surface area contributed by atoms with Crippen LogP contribution in [-0.2, 0) is 26.1 Å². The molecule has 0 saturated heterocycles. The van der Waals surface area contributed by atoms with E-state index in [0.717, 1.165) is 24.6 Å². The van der Waals surface area contributed by atoms with Gasteiger partial charge in [-0.15, -0.1) is 0 Å². The Labute approximate surface area is 235 Å². The molecule has 1 saturated carbocycles. The molecule has 1 aliphatic heterocycles. The molecule has 2 atom stereocenters. The van der Waals surface area contributed by atoms with Gasteiger partial charge < -0.3 is 13.8 Å². The summed E-state index contributed by atoms with van der Waals surface area (Å²) in [5, 5.41) is 0. The molecule has 0 amide bonds. The average Bonchev–Trinajstić information content (AvgIpc) is 3.76. The fourth-order valence-corrected chi connectivity index (χ4v) is 5.68. The number of alkyl halides is 3. The van der Waals surface area contributed by atoms with Gasteiger partial charge in [-0.3, -0.25) is 0 Å². The minimum Gasteiger partial charge on any atom is -0.466 e. The Balaban J connectivity index is 1.58. The Bertz CT molecular complexity index is 1600. The van der Waals surface area contributed by atoms with E-state index in [-0.39, 0.29) is 6.04 Å². The van der Waals surface area contributed by atoms with Crippen molar-refractivity contribution in [3.05, 3.63) is 100 Å². The van der Waals surface area contributed by atoms with E-state index in [2.05, 4.69) is 21.1 Å². The number of anilines is 1. The van der Waals surface area contributed by atoms with Crippen LogP contribution in [0.2, 0.25) is 0 Å². The molecule has 2 aliphatic rings. The van der Waals surface area contributed by atoms with Crippen LogP contribution in [0.1, 0.15) is 59.5 Å². The third-order valence-electron chi connectivity index (χ3n) is 7.34. The molecule has 1 fully saturated rings. The quantitative estimate of drug-likeness (QED) is 0.101. The molecule has 0 bridgehead atoms. The largest absolute Gasteiger partial charge is 0.534 e. The number of esters is 1. The van der Waals surface area contributed by atoms with Gasteiger partial charge in [-0.1, -0.05) is 30.3 Å². The highest BCUT2D eigenvalue weighted by atomic mass is 32.2. The lowest BCUT2D eigenvalue weighted by atomic mass is 9.84. The van der Waals surface area contributed by atoms with Crippen molar-refractivity contribution in [2.24, 2.45) is 0 Å². The first-order chi connectivity index (χ1) is 19.4. The smallest absolute Gasteiger partial charge is 0.466 e. The Kier molecular flexibility index (Phi) is 7.58. The summed E-state index contributed by atoms with van der Waals surface area (Å²) < 4.78 is 86.7. The molecular formula is C30H27F4NO5S. The maximum Gasteiger partial charge on any atom is 0.534 e. The lowest BCUT2D eigenvalue weighted by molar-refractivity contribution is -0.134. The van der Waals surface area contributed by atoms with E-state index in [1.807, 2.05) is 24.0 Å². The van der Waals surface area contributed by atoms with Crippen molar-refractivity contribution in [2.45, 2.75) is 49.7 Å². The van der Waals surface area contributed by atoms with Crippen LogP contribution in [-0.4, -0.2) is 33.0 Å². The van der Waals surface area contributed by atoms with E-state index in [4.69, 9.17) is 0 Å². The van der Waals surface area contributed by atoms with Crippen LogP contribution in [0.15, 0.2) is 66.7 Å². The van der Waals surface area contributed by atoms with Crippen molar-refractivity contribution in [1.29, 1.82) is 0 Å². The molecule has 5 rings (SSSR count). The summed E-state index contributed by atoms with van der Waals surface area (Å²) in [5.41, 5.74) is -1.63. The van der Waals surface area contributed by atoms with Crippen molar-refractivity contribution < 1.29 is 39.7 Å². The first-order valence-corrected chi connectivity index (χ1v) is 14.4. The number of methoxy groups -OCH3 is 1. The molecule has 1 heterocycles. The van der Waals surface area contributed by atoms with Crippen LogP contribution in [0.5, 0.6) is 5.75 Å². The molecule has 1 aliphatic carbocycles. The molecule has 3 aromatic carbocycles. The molecule has 6 nitrogen and oxygen atoms in total. The topological polar surface area (TPSA) is 72.9 Å². The normalized spacial score (nSPS) is 19.2. The summed E-state index contributed by atoms with van der Waals surface area (Å²) in [5.74, 6) is -1.07. The van der Waals surface area contributed by atoms with E-state index in [1.165, 1.54) is 43.0 Å². The fraction of sp³-hybridized carbons (Fsp3) is 0.300. The Morgan fingerprint density at radius 2 is 1.68 bits per heavy atom. The summed E-state index contributed by atoms with van der Waals surface area (Å²) in [4.78, 5) is 13.5. The summed E-state index contributed by atoms with van der Waals surface area (Å²) in [7, 11) is -4.62. The molecule has 216 valence electrons. The summed E-state index contributed by atoms with van der Waals surface area (Å²) in [6.07, 6.45) is 5.24. The van der Waals surface area contributed by atoms with Gasteiger partial charge in [-0.25, -0.2) is 9.18 Å². The van der Waals surface area contributed by atoms with Crippen molar-refractivity contribution in [3.8, 4) is 5.75 Å². The summed E-state index contributed by atoms with van der Waals surface area (Å²) in [6.45, 7) is 1.91. The average molecular weight is 590 g/mol. The van der Waals surface area contributed by atoms with Gasteiger partial charge in [0.25, 0.3) is 0 Å². The Morgan fingerprint density at radius 1 is 1.00 bits per heavy atom. The molecule has 0 aromatic heterocycles. The predicted octanol–water partition coefficient (Wildman–Crippen LogP) is 6.66. The summed E-state index contributed by atoms with van der Waals surface area (Å²) >= 11 is 0. The number of ether oxygens (including phenoxy) is 1. The number of carbonyl (C=O) groups excluding carboxylic acids is 1. The monoisotopic (exact) mass is 589 g/mol. The number of carbonyl (C=O) groups is 1. The molecule has 0 spiro atoms. The zero-order valence-electron chi connectivity index (χ0n) is 22.2. The standard InChI is InChI=1S/C30H27F4NO5S/c1-18-15-22-17-24(40-41(37,38)30(32,33)34)11-13-25(22)29(35(18)23-9-7-21(8-10-23)20-5-6-20)26-12-3-19(16-27(26)31)4-14-28(36)39-2/h3-4,7-14,16-18,20,29H,5-6,15H2,1-2H3/b14-4+. The highest BCUT2D eigenvalue weighted by Crippen LogP contribution is 2.45. The van der Waals surface area contributed by atoms with Crippen LogP contribution >= 0.6 is 0 Å². The van der Waals surface area contributed by atoms with E-state index < -0.39 is 39.2 Å². The lowest BCUT2D eigenvalue weighted by Gasteiger charge is -2.44. The zero-order valence-corrected chi connectivity index (χ0v) is 23.0. The van der Waals surface area contributed by atoms with Crippen molar-refractivity contribution in [2.75, 3.05) is 12.0 Å². The molecule has 0 N–H and O–H groups in total. The van der Waals surface area contributed by atoms with Gasteiger partial charge in [0, 0.05) is 23.4 Å². The first kappa shape index (κ1) is 28.7. The van der Waals surface area contributed by atoms with Gasteiger partial charge in [0.05, 0.1) is 13.2 Å². The minimum atomic E-state index is -5.85. The minimum absolute atomic E-state index is 0.243. The highest BCUT2D eigenvalue weighted by Gasteiger charge is 2.48. The number of hydrogen-bond acceptors (Lipinski definition) is 6. The second kappa shape index (κ2) is 10.8. The number of nitrogens with zero attached hydrogens (tertiary/aromatic N) is 1. The summed E-state index contributed by atoms with van der Waals surface area (Å²) in [6, 6.07) is 15.6. The van der Waals surface area contributed by atoms with Crippen LogP contribution in [0.3, 0.4) is 0 Å². The lowest BCUT2D eigenvalue weighted by Crippen LogP contribution is -2.43. The van der Waals surface area contributed by atoms with Crippen LogP contribution in [0.25, 0.3) is 6.08 Å². The third kappa shape index (κ3) is 5.95. The Morgan fingerprint density at radius 3 is 2.29 bits per heavy atom. The second-order valence-electron chi connectivity index (χ2n) is 10.2. The predicted molar refractivity (Wildman–Crippen MR) is 145 cm³/mol. The van der Waals surface area contributed by atoms with Crippen LogP contribution in [0.4, 0.5) is 23.2 Å². The van der Waals surface area contributed by atoms with E-state index >= 15 is 4.39 Å². The van der Waals surface area contributed by atoms with Crippen molar-refractivity contribution >= 4 is 27.9 Å². The van der Waals surface area contributed by atoms with Gasteiger partial charge >= 0.3 is 21.6 Å². The number of fused-ring (bicyclic) bond motifs is 1. The highest BCUT2D eigenvalue weighted by molar-refractivity contribution is 7.88. The second-order valence-corrected chi connectivity index (χ2v) is 11.7. The van der Waals surface area contributed by atoms with E-state index in [1.54, 1.807) is 12.1 Å². The zero-order chi connectivity index (χ0) is 29.5. The number of benzene rings is 3. The maximum atomic E-state index is 15.8. The van der Waals surface area contributed by atoms with Crippen LogP contribution in [0, 0.1) is 5.82 Å². The van der Waals surface area contributed by atoms with Gasteiger partial charge in [0.15, 0.2) is 0 Å². The molecule has 2 unspecified atom stereocenters. The van der Waals surface area contributed by atoms with Gasteiger partial charge in [-0.05, 0) is 90.8 Å². The first-order valence-electron chi connectivity index (χ1n) is 13.0.